The Morgan fingerprint density at radius 3 is 1.54 bits per heavy atom. The number of hydrogen-bond donors (Lipinski definition) is 3. The molecule has 22 heteroatoms. The van der Waals surface area contributed by atoms with E-state index in [1.807, 2.05) is 48.7 Å². The van der Waals surface area contributed by atoms with E-state index in [-0.39, 0.29) is 39.2 Å². The molecule has 0 bridgehead atoms. The number of rotatable bonds is 10. The molecule has 14 nitrogen and oxygen atoms in total. The maximum absolute atomic E-state index is 14.0. The molecule has 2 aromatic carbocycles. The van der Waals surface area contributed by atoms with Crippen molar-refractivity contribution in [2.24, 2.45) is 0 Å². The molecule has 376 valence electrons. The molecule has 0 unspecified atom stereocenters. The Balaban J connectivity index is 0.000000221. The number of aromatic nitrogens is 6. The fraction of sp³-hybridized carbons (Fsp3) is 0.396. The van der Waals surface area contributed by atoms with E-state index in [9.17, 15) is 13.6 Å². The minimum Gasteiger partial charge on any atom is -0.482 e. The standard InChI is InChI=1S/C26H30Cl2FN5O3.C21H22Cl2FN5O.CH2Cl2/c1-15(22-19(27)5-6-20(29)23(22)28)36-21-11-16(12-31-24(21)30)17-13-32-34(14-17)18-7-9-33(10-8-18)25(35)37-26(2,3)4;1-12(19-16(22)2-3-17(24)20(19)23)30-18-8-13(9-27-21(18)25)14-10-28-29(11-14)15-4-6-26-7-5-15;2-1-3/h5-6,11-15,18H,7-10H2,1-4H3,(H2,30,31);2-3,8-12,15,26H,4-7H2,1H3,(H2,25,27);1H2/t15-;12-;/m11./s1. The second kappa shape index (κ2) is 24.5. The van der Waals surface area contributed by atoms with Gasteiger partial charge >= 0.3 is 6.09 Å². The molecule has 2 fully saturated rings. The molecule has 0 saturated carbocycles. The summed E-state index contributed by atoms with van der Waals surface area (Å²) in [5.74, 6) is -0.0515. The number of carbonyl (C=O) groups is 1. The van der Waals surface area contributed by atoms with Crippen LogP contribution < -0.4 is 26.3 Å². The van der Waals surface area contributed by atoms with Gasteiger partial charge in [-0.05, 0) is 110 Å². The van der Waals surface area contributed by atoms with Gasteiger partial charge in [0, 0.05) is 81.3 Å². The van der Waals surface area contributed by atoms with Crippen LogP contribution in [0.3, 0.4) is 0 Å². The van der Waals surface area contributed by atoms with E-state index < -0.39 is 29.4 Å². The molecule has 4 aromatic heterocycles. The second-order valence-corrected chi connectivity index (χ2v) is 19.8. The first-order valence-electron chi connectivity index (χ1n) is 22.3. The van der Waals surface area contributed by atoms with Gasteiger partial charge in [0.2, 0.25) is 0 Å². The van der Waals surface area contributed by atoms with E-state index in [0.717, 1.165) is 61.0 Å². The van der Waals surface area contributed by atoms with E-state index in [2.05, 4.69) is 25.5 Å². The lowest BCUT2D eigenvalue weighted by atomic mass is 10.1. The smallest absolute Gasteiger partial charge is 0.410 e. The van der Waals surface area contributed by atoms with Crippen LogP contribution in [0.5, 0.6) is 11.5 Å². The first kappa shape index (κ1) is 54.5. The summed E-state index contributed by atoms with van der Waals surface area (Å²) in [6, 6.07) is 9.40. The Labute approximate surface area is 435 Å². The Morgan fingerprint density at radius 1 is 0.714 bits per heavy atom. The van der Waals surface area contributed by atoms with Crippen molar-refractivity contribution in [1.82, 2.24) is 39.7 Å². The van der Waals surface area contributed by atoms with Crippen LogP contribution in [-0.4, -0.2) is 77.6 Å². The molecule has 0 spiro atoms. The summed E-state index contributed by atoms with van der Waals surface area (Å²) in [4.78, 5) is 22.6. The Hall–Kier alpha value is -4.81. The van der Waals surface area contributed by atoms with Gasteiger partial charge in [0.15, 0.2) is 23.1 Å². The topological polar surface area (TPSA) is 173 Å². The molecule has 6 aromatic rings. The van der Waals surface area contributed by atoms with Crippen molar-refractivity contribution in [1.29, 1.82) is 0 Å². The predicted octanol–water partition coefficient (Wildman–Crippen LogP) is 13.1. The predicted molar refractivity (Wildman–Crippen MR) is 274 cm³/mol. The summed E-state index contributed by atoms with van der Waals surface area (Å²) < 4.78 is 49.2. The maximum atomic E-state index is 14.0. The average molecular weight is 1090 g/mol. The number of ether oxygens (including phenoxy) is 3. The molecule has 1 amide bonds. The minimum atomic E-state index is -0.673. The number of anilines is 2. The first-order chi connectivity index (χ1) is 33.3. The zero-order valence-electron chi connectivity index (χ0n) is 39.0. The van der Waals surface area contributed by atoms with Crippen molar-refractivity contribution < 1.29 is 27.8 Å². The number of halogens is 8. The van der Waals surface area contributed by atoms with Gasteiger partial charge in [-0.2, -0.15) is 10.2 Å². The monoisotopic (exact) mass is 1080 g/mol. The van der Waals surface area contributed by atoms with Crippen molar-refractivity contribution in [3.8, 4) is 33.8 Å². The molecule has 0 aliphatic carbocycles. The average Bonchev–Trinajstić information content (AvgIpc) is 4.03. The number of alkyl halides is 2. The number of pyridine rings is 2. The SMILES string of the molecule is C[C@@H](Oc1cc(-c2cnn(C3CCN(C(=O)OC(C)(C)C)CC3)c2)cnc1N)c1c(Cl)ccc(F)c1Cl.C[C@@H](Oc1cc(-c2cnn(C3CCNCC3)c2)cnc1N)c1c(Cl)ccc(F)c1Cl.ClCCl. The van der Waals surface area contributed by atoms with Crippen LogP contribution in [0.15, 0.2) is 73.6 Å². The normalized spacial score (nSPS) is 15.2. The largest absolute Gasteiger partial charge is 0.482 e. The van der Waals surface area contributed by atoms with Gasteiger partial charge < -0.3 is 35.9 Å². The van der Waals surface area contributed by atoms with Gasteiger partial charge in [-0.25, -0.2) is 23.5 Å². The van der Waals surface area contributed by atoms with Crippen LogP contribution >= 0.6 is 69.6 Å². The highest BCUT2D eigenvalue weighted by molar-refractivity contribution is 6.40. The van der Waals surface area contributed by atoms with Crippen molar-refractivity contribution >= 4 is 87.3 Å². The molecular weight excluding hydrogens is 1030 g/mol. The van der Waals surface area contributed by atoms with Gasteiger partial charge in [0.1, 0.15) is 29.4 Å². The van der Waals surface area contributed by atoms with Crippen LogP contribution in [0.1, 0.15) is 95.7 Å². The van der Waals surface area contributed by atoms with E-state index in [1.165, 1.54) is 24.3 Å². The number of likely N-dealkylation sites (tertiary alicyclic amines) is 1. The van der Waals surface area contributed by atoms with Crippen molar-refractivity contribution in [3.63, 3.8) is 0 Å². The first-order valence-corrected chi connectivity index (χ1v) is 24.9. The summed E-state index contributed by atoms with van der Waals surface area (Å²) in [5, 5.41) is 13.1. The number of hydrogen-bond acceptors (Lipinski definition) is 11. The van der Waals surface area contributed by atoms with Crippen LogP contribution in [0.4, 0.5) is 25.2 Å². The molecule has 2 atom stereocenters. The van der Waals surface area contributed by atoms with Gasteiger partial charge in [-0.3, -0.25) is 9.36 Å². The van der Waals surface area contributed by atoms with Crippen LogP contribution in [0, 0.1) is 11.6 Å². The van der Waals surface area contributed by atoms with Gasteiger partial charge in [-0.1, -0.05) is 46.4 Å². The number of nitrogens with two attached hydrogens (primary N) is 2. The Bertz CT molecular complexity index is 2730. The number of piperidine rings is 2. The number of nitrogens with zero attached hydrogens (tertiary/aromatic N) is 7. The zero-order chi connectivity index (χ0) is 50.9. The number of nitrogen functional groups attached to an aromatic ring is 2. The molecular formula is C48H54Cl6F2N10O4. The lowest BCUT2D eigenvalue weighted by molar-refractivity contribution is 0.0184. The third-order valence-electron chi connectivity index (χ3n) is 11.4. The molecule has 2 aliphatic rings. The molecule has 8 rings (SSSR count). The quantitative estimate of drug-likeness (QED) is 0.0880. The molecule has 6 heterocycles. The molecule has 2 aliphatic heterocycles. The third kappa shape index (κ3) is 14.0. The van der Waals surface area contributed by atoms with E-state index in [4.69, 9.17) is 95.3 Å². The zero-order valence-corrected chi connectivity index (χ0v) is 43.6. The molecule has 0 radical (unpaired) electrons. The fourth-order valence-corrected chi connectivity index (χ4v) is 9.18. The number of amides is 1. The Kier molecular flexibility index (Phi) is 19.1. The third-order valence-corrected chi connectivity index (χ3v) is 12.8. The van der Waals surface area contributed by atoms with Crippen LogP contribution in [0.2, 0.25) is 20.1 Å². The van der Waals surface area contributed by atoms with Gasteiger partial charge in [-0.15, -0.1) is 23.2 Å². The summed E-state index contributed by atoms with van der Waals surface area (Å²) in [7, 11) is 0. The maximum Gasteiger partial charge on any atom is 0.410 e. The van der Waals surface area contributed by atoms with Gasteiger partial charge in [0.05, 0.1) is 39.9 Å². The van der Waals surface area contributed by atoms with Crippen molar-refractivity contribution in [2.75, 3.05) is 43.0 Å². The van der Waals surface area contributed by atoms with Crippen molar-refractivity contribution in [2.45, 2.75) is 90.2 Å². The van der Waals surface area contributed by atoms with E-state index in [0.29, 0.717) is 51.8 Å². The summed E-state index contributed by atoms with van der Waals surface area (Å²) in [6.45, 7) is 12.2. The van der Waals surface area contributed by atoms with E-state index in [1.54, 1.807) is 49.5 Å². The minimum absolute atomic E-state index is 0.0686. The molecule has 5 N–H and O–H groups in total. The lowest BCUT2D eigenvalue weighted by Gasteiger charge is -2.33. The van der Waals surface area contributed by atoms with Crippen molar-refractivity contribution in [3.05, 3.63) is 116 Å². The van der Waals surface area contributed by atoms with E-state index >= 15 is 0 Å². The summed E-state index contributed by atoms with van der Waals surface area (Å²) in [5.41, 5.74) is 15.6. The van der Waals surface area contributed by atoms with Crippen LogP contribution in [-0.2, 0) is 4.74 Å². The fourth-order valence-electron chi connectivity index (χ4n) is 7.83. The highest BCUT2D eigenvalue weighted by Gasteiger charge is 2.29. The second-order valence-electron chi connectivity index (χ2n) is 17.4. The highest BCUT2D eigenvalue weighted by Crippen LogP contribution is 2.39. The van der Waals surface area contributed by atoms with Crippen LogP contribution in [0.25, 0.3) is 22.3 Å². The summed E-state index contributed by atoms with van der Waals surface area (Å²) in [6.07, 6.45) is 12.9. The number of nitrogens with one attached hydrogen (secondary N) is 1. The van der Waals surface area contributed by atoms with Gasteiger partial charge in [0.25, 0.3) is 0 Å². The number of benzene rings is 2. The molecule has 2 saturated heterocycles. The lowest BCUT2D eigenvalue weighted by Crippen LogP contribution is -2.42. The summed E-state index contributed by atoms with van der Waals surface area (Å²) >= 11 is 34.2. The Morgan fingerprint density at radius 2 is 1.13 bits per heavy atom. The highest BCUT2D eigenvalue weighted by atomic mass is 35.5. The number of carbonyl (C=O) groups excluding carboxylic acids is 1. The molecule has 70 heavy (non-hydrogen) atoms.